The van der Waals surface area contributed by atoms with Gasteiger partial charge >= 0.3 is 5.97 Å². The molecule has 0 rings (SSSR count). The molecule has 0 radical (unpaired) electrons. The lowest BCUT2D eigenvalue weighted by molar-refractivity contribution is -0.143. The van der Waals surface area contributed by atoms with Crippen molar-refractivity contribution in [3.8, 4) is 0 Å². The van der Waals surface area contributed by atoms with Crippen LogP contribution in [0.15, 0.2) is 48.6 Å². The number of hydrogen-bond acceptors (Lipinski definition) is 5. The van der Waals surface area contributed by atoms with E-state index in [2.05, 4.69) is 55.6 Å². The van der Waals surface area contributed by atoms with Gasteiger partial charge in [-0.1, -0.05) is 358 Å². The second-order valence-corrected chi connectivity index (χ2v) is 26.0. The highest BCUT2D eigenvalue weighted by molar-refractivity contribution is 5.76. The summed E-state index contributed by atoms with van der Waals surface area (Å²) in [4.78, 5) is 24.5. The zero-order valence-corrected chi connectivity index (χ0v) is 56.6. The maximum Gasteiger partial charge on any atom is 0.305 e. The SMILES string of the molecule is CCCCC/C=C\C/C=C\CCCCCCCC(=O)OCCCCCCCCCCCCCCCCCCCC/C=C\CCCCCCCCCCCCCCCCCCCC(=O)NC(CO)C(O)/C=C/CCCCCCCCCCCCC. The smallest absolute Gasteiger partial charge is 0.305 e. The molecular weight excluding hydrogens is 1030 g/mol. The first kappa shape index (κ1) is 81.8. The summed E-state index contributed by atoms with van der Waals surface area (Å²) in [5.41, 5.74) is 0. The van der Waals surface area contributed by atoms with Crippen LogP contribution in [0.3, 0.4) is 0 Å². The van der Waals surface area contributed by atoms with Crippen molar-refractivity contribution in [1.29, 1.82) is 0 Å². The first-order chi connectivity index (χ1) is 41.5. The lowest BCUT2D eigenvalue weighted by Crippen LogP contribution is -2.45. The summed E-state index contributed by atoms with van der Waals surface area (Å²) >= 11 is 0. The molecule has 0 aliphatic heterocycles. The first-order valence-corrected chi connectivity index (χ1v) is 37.9. The summed E-state index contributed by atoms with van der Waals surface area (Å²) < 4.78 is 5.49. The number of aliphatic hydroxyl groups is 2. The van der Waals surface area contributed by atoms with Crippen molar-refractivity contribution in [2.75, 3.05) is 13.2 Å². The molecule has 0 saturated heterocycles. The first-order valence-electron chi connectivity index (χ1n) is 37.9. The normalized spacial score (nSPS) is 12.8. The molecular formula is C78H147NO5. The van der Waals surface area contributed by atoms with Gasteiger partial charge in [-0.15, -0.1) is 0 Å². The average molecular weight is 1180 g/mol. The molecule has 84 heavy (non-hydrogen) atoms. The van der Waals surface area contributed by atoms with E-state index < -0.39 is 12.1 Å². The molecule has 6 nitrogen and oxygen atoms in total. The minimum Gasteiger partial charge on any atom is -0.466 e. The van der Waals surface area contributed by atoms with Gasteiger partial charge in [-0.3, -0.25) is 9.59 Å². The van der Waals surface area contributed by atoms with Gasteiger partial charge in [0, 0.05) is 12.8 Å². The van der Waals surface area contributed by atoms with Crippen molar-refractivity contribution >= 4 is 11.9 Å². The van der Waals surface area contributed by atoms with Crippen LogP contribution in [-0.4, -0.2) is 47.4 Å². The lowest BCUT2D eigenvalue weighted by Gasteiger charge is -2.20. The summed E-state index contributed by atoms with van der Waals surface area (Å²) in [6.45, 7) is 4.89. The Balaban J connectivity index is 3.33. The van der Waals surface area contributed by atoms with Gasteiger partial charge in [0.15, 0.2) is 0 Å². The maximum atomic E-state index is 12.5. The van der Waals surface area contributed by atoms with Crippen LogP contribution in [0.25, 0.3) is 0 Å². The molecule has 0 aromatic heterocycles. The van der Waals surface area contributed by atoms with Gasteiger partial charge in [0.05, 0.1) is 25.4 Å². The summed E-state index contributed by atoms with van der Waals surface area (Å²) in [5, 5.41) is 23.1. The number of aliphatic hydroxyl groups excluding tert-OH is 2. The molecule has 0 aromatic carbocycles. The number of unbranched alkanes of at least 4 members (excludes halogenated alkanes) is 54. The number of amides is 1. The van der Waals surface area contributed by atoms with E-state index in [-0.39, 0.29) is 18.5 Å². The molecule has 2 atom stereocenters. The van der Waals surface area contributed by atoms with Crippen molar-refractivity contribution in [2.24, 2.45) is 0 Å². The zero-order chi connectivity index (χ0) is 60.6. The van der Waals surface area contributed by atoms with Gasteiger partial charge < -0.3 is 20.3 Å². The fourth-order valence-electron chi connectivity index (χ4n) is 11.8. The largest absolute Gasteiger partial charge is 0.466 e. The molecule has 1 amide bonds. The number of nitrogens with one attached hydrogen (secondary N) is 1. The Hall–Kier alpha value is -2.18. The van der Waals surface area contributed by atoms with Crippen molar-refractivity contribution in [1.82, 2.24) is 5.32 Å². The van der Waals surface area contributed by atoms with E-state index in [0.717, 1.165) is 51.4 Å². The lowest BCUT2D eigenvalue weighted by atomic mass is 10.0. The molecule has 0 heterocycles. The molecule has 0 bridgehead atoms. The van der Waals surface area contributed by atoms with E-state index in [4.69, 9.17) is 4.74 Å². The second-order valence-electron chi connectivity index (χ2n) is 26.0. The third-order valence-corrected chi connectivity index (χ3v) is 17.6. The Morgan fingerprint density at radius 2 is 0.595 bits per heavy atom. The predicted octanol–water partition coefficient (Wildman–Crippen LogP) is 24.8. The molecule has 0 aromatic rings. The van der Waals surface area contributed by atoms with E-state index in [1.165, 1.54) is 334 Å². The molecule has 0 saturated carbocycles. The highest BCUT2D eigenvalue weighted by Crippen LogP contribution is 2.19. The number of hydrogen-bond donors (Lipinski definition) is 3. The fraction of sp³-hybridized carbons (Fsp3) is 0.872. The summed E-state index contributed by atoms with van der Waals surface area (Å²) in [5.74, 6) is -0.0539. The Morgan fingerprint density at radius 3 is 0.940 bits per heavy atom. The molecule has 0 aliphatic rings. The Bertz CT molecular complexity index is 1400. The van der Waals surface area contributed by atoms with Crippen LogP contribution >= 0.6 is 0 Å². The molecule has 0 aliphatic carbocycles. The molecule has 3 N–H and O–H groups in total. The van der Waals surface area contributed by atoms with Crippen molar-refractivity contribution < 1.29 is 24.5 Å². The van der Waals surface area contributed by atoms with E-state index >= 15 is 0 Å². The summed E-state index contributed by atoms with van der Waals surface area (Å²) in [6.07, 6.45) is 96.6. The topological polar surface area (TPSA) is 95.9 Å². The van der Waals surface area contributed by atoms with Gasteiger partial charge in [-0.2, -0.15) is 0 Å². The van der Waals surface area contributed by atoms with E-state index in [0.29, 0.717) is 19.4 Å². The van der Waals surface area contributed by atoms with E-state index in [9.17, 15) is 19.8 Å². The van der Waals surface area contributed by atoms with Gasteiger partial charge in [-0.05, 0) is 89.9 Å². The highest BCUT2D eigenvalue weighted by atomic mass is 16.5. The zero-order valence-electron chi connectivity index (χ0n) is 56.6. The standard InChI is InChI=1S/C78H147NO5/c1-3-5-7-9-11-13-15-17-43-48-52-56-60-64-68-72-78(83)84-73-69-65-61-57-53-49-45-42-40-38-36-34-32-30-28-26-24-22-20-18-19-21-23-25-27-29-31-33-35-37-39-41-44-47-51-55-59-63-67-71-77(82)79-75(74-80)76(81)70-66-62-58-54-50-46-16-14-12-10-8-6-4-2/h11,13,17-19,43,66,70,75-76,80-81H,3-10,12,14-16,20-42,44-65,67-69,71-74H2,1-2H3,(H,79,82)/b13-11-,19-18-,43-17-,70-66+. The van der Waals surface area contributed by atoms with Crippen LogP contribution in [0.4, 0.5) is 0 Å². The van der Waals surface area contributed by atoms with Gasteiger partial charge in [0.1, 0.15) is 0 Å². The molecule has 2 unspecified atom stereocenters. The number of ether oxygens (including phenoxy) is 1. The number of esters is 1. The third kappa shape index (κ3) is 68.9. The van der Waals surface area contributed by atoms with Crippen molar-refractivity contribution in [3.63, 3.8) is 0 Å². The van der Waals surface area contributed by atoms with Gasteiger partial charge in [0.25, 0.3) is 0 Å². The summed E-state index contributed by atoms with van der Waals surface area (Å²) in [6, 6.07) is -0.624. The fourth-order valence-corrected chi connectivity index (χ4v) is 11.8. The summed E-state index contributed by atoms with van der Waals surface area (Å²) in [7, 11) is 0. The van der Waals surface area contributed by atoms with Crippen molar-refractivity contribution in [2.45, 2.75) is 424 Å². The highest BCUT2D eigenvalue weighted by Gasteiger charge is 2.18. The minimum atomic E-state index is -0.841. The number of carbonyl (C=O) groups is 2. The van der Waals surface area contributed by atoms with Crippen LogP contribution in [-0.2, 0) is 14.3 Å². The third-order valence-electron chi connectivity index (χ3n) is 17.6. The van der Waals surface area contributed by atoms with E-state index in [1.807, 2.05) is 6.08 Å². The average Bonchev–Trinajstić information content (AvgIpc) is 3.54. The molecule has 494 valence electrons. The second kappa shape index (κ2) is 73.3. The number of rotatable bonds is 71. The van der Waals surface area contributed by atoms with Crippen LogP contribution in [0, 0.1) is 0 Å². The maximum absolute atomic E-state index is 12.5. The number of allylic oxidation sites excluding steroid dienone is 7. The number of carbonyl (C=O) groups excluding carboxylic acids is 2. The van der Waals surface area contributed by atoms with Crippen molar-refractivity contribution in [3.05, 3.63) is 48.6 Å². The predicted molar refractivity (Wildman–Crippen MR) is 370 cm³/mol. The Morgan fingerprint density at radius 1 is 0.333 bits per heavy atom. The quantitative estimate of drug-likeness (QED) is 0.0320. The van der Waals surface area contributed by atoms with Gasteiger partial charge in [-0.25, -0.2) is 0 Å². The van der Waals surface area contributed by atoms with Crippen LogP contribution in [0.2, 0.25) is 0 Å². The Labute approximate surface area is 525 Å². The minimum absolute atomic E-state index is 0.00838. The van der Waals surface area contributed by atoms with Gasteiger partial charge in [0.2, 0.25) is 5.91 Å². The van der Waals surface area contributed by atoms with Crippen LogP contribution in [0.1, 0.15) is 412 Å². The molecule has 0 fully saturated rings. The monoisotopic (exact) mass is 1180 g/mol. The van der Waals surface area contributed by atoms with Crippen LogP contribution in [0.5, 0.6) is 0 Å². The van der Waals surface area contributed by atoms with Crippen LogP contribution < -0.4 is 5.32 Å². The van der Waals surface area contributed by atoms with E-state index in [1.54, 1.807) is 6.08 Å². The molecule has 0 spiro atoms. The molecule has 6 heteroatoms. The Kier molecular flexibility index (Phi) is 71.4.